The Morgan fingerprint density at radius 3 is 2.72 bits per heavy atom. The molecule has 2 nitrogen and oxygen atoms in total. The SMILES string of the molecule is CC(NCc1cccc(F)c1Br)c1ccncc1. The zero-order chi connectivity index (χ0) is 13.0. The summed E-state index contributed by atoms with van der Waals surface area (Å²) in [5.41, 5.74) is 2.08. The highest BCUT2D eigenvalue weighted by atomic mass is 79.9. The van der Waals surface area contributed by atoms with E-state index in [2.05, 4.69) is 33.2 Å². The monoisotopic (exact) mass is 308 g/mol. The van der Waals surface area contributed by atoms with Crippen LogP contribution in [0.1, 0.15) is 24.1 Å². The molecule has 1 N–H and O–H groups in total. The largest absolute Gasteiger partial charge is 0.306 e. The molecule has 0 aliphatic heterocycles. The summed E-state index contributed by atoms with van der Waals surface area (Å²) in [6.45, 7) is 2.68. The fourth-order valence-electron chi connectivity index (χ4n) is 1.72. The first-order chi connectivity index (χ1) is 8.68. The van der Waals surface area contributed by atoms with Gasteiger partial charge >= 0.3 is 0 Å². The second-order valence-corrected chi connectivity index (χ2v) is 4.89. The summed E-state index contributed by atoms with van der Waals surface area (Å²) in [4.78, 5) is 3.99. The number of nitrogens with zero attached hydrogens (tertiary/aromatic N) is 1. The molecule has 0 aliphatic rings. The van der Waals surface area contributed by atoms with Crippen molar-refractivity contribution in [2.24, 2.45) is 0 Å². The molecule has 18 heavy (non-hydrogen) atoms. The summed E-state index contributed by atoms with van der Waals surface area (Å²) in [7, 11) is 0. The van der Waals surface area contributed by atoms with Gasteiger partial charge in [0.2, 0.25) is 0 Å². The molecule has 94 valence electrons. The van der Waals surface area contributed by atoms with Gasteiger partial charge in [-0.25, -0.2) is 4.39 Å². The van der Waals surface area contributed by atoms with E-state index in [-0.39, 0.29) is 11.9 Å². The average Bonchev–Trinajstić information content (AvgIpc) is 2.41. The third-order valence-corrected chi connectivity index (χ3v) is 3.72. The van der Waals surface area contributed by atoms with Gasteiger partial charge in [0.1, 0.15) is 5.82 Å². The normalized spacial score (nSPS) is 12.4. The summed E-state index contributed by atoms with van der Waals surface area (Å²) in [5.74, 6) is -0.231. The minimum Gasteiger partial charge on any atom is -0.306 e. The molecule has 0 bridgehead atoms. The topological polar surface area (TPSA) is 24.9 Å². The molecule has 2 rings (SSSR count). The Hall–Kier alpha value is -1.26. The maximum Gasteiger partial charge on any atom is 0.137 e. The molecule has 2 aromatic rings. The van der Waals surface area contributed by atoms with Gasteiger partial charge in [-0.05, 0) is 52.2 Å². The molecule has 1 aromatic carbocycles. The van der Waals surface area contributed by atoms with Gasteiger partial charge in [0.15, 0.2) is 0 Å². The summed E-state index contributed by atoms with van der Waals surface area (Å²) < 4.78 is 13.9. The lowest BCUT2D eigenvalue weighted by atomic mass is 10.1. The van der Waals surface area contributed by atoms with Crippen molar-refractivity contribution in [3.05, 3.63) is 64.1 Å². The first-order valence-electron chi connectivity index (χ1n) is 5.74. The van der Waals surface area contributed by atoms with Gasteiger partial charge in [-0.15, -0.1) is 0 Å². The van der Waals surface area contributed by atoms with E-state index in [1.807, 2.05) is 18.2 Å². The van der Waals surface area contributed by atoms with Crippen molar-refractivity contribution < 1.29 is 4.39 Å². The highest BCUT2D eigenvalue weighted by molar-refractivity contribution is 9.10. The van der Waals surface area contributed by atoms with Gasteiger partial charge in [-0.2, -0.15) is 0 Å². The van der Waals surface area contributed by atoms with Gasteiger partial charge in [-0.1, -0.05) is 12.1 Å². The zero-order valence-electron chi connectivity index (χ0n) is 10.0. The van der Waals surface area contributed by atoms with E-state index in [0.717, 1.165) is 11.1 Å². The zero-order valence-corrected chi connectivity index (χ0v) is 11.6. The molecule has 0 fully saturated rings. The van der Waals surface area contributed by atoms with Crippen LogP contribution in [0.5, 0.6) is 0 Å². The highest BCUT2D eigenvalue weighted by Crippen LogP contribution is 2.21. The minimum absolute atomic E-state index is 0.197. The van der Waals surface area contributed by atoms with Crippen molar-refractivity contribution in [2.75, 3.05) is 0 Å². The van der Waals surface area contributed by atoms with Crippen molar-refractivity contribution in [1.29, 1.82) is 0 Å². The van der Waals surface area contributed by atoms with Crippen LogP contribution in [0.25, 0.3) is 0 Å². The second-order valence-electron chi connectivity index (χ2n) is 4.10. The third kappa shape index (κ3) is 3.15. The standard InChI is InChI=1S/C14H14BrFN2/c1-10(11-5-7-17-8-6-11)18-9-12-3-2-4-13(16)14(12)15/h2-8,10,18H,9H2,1H3. The van der Waals surface area contributed by atoms with Gasteiger partial charge in [0, 0.05) is 25.0 Å². The number of halogens is 2. The van der Waals surface area contributed by atoms with E-state index in [1.54, 1.807) is 18.5 Å². The highest BCUT2D eigenvalue weighted by Gasteiger charge is 2.08. The molecule has 1 aromatic heterocycles. The fourth-order valence-corrected chi connectivity index (χ4v) is 2.12. The molecule has 1 heterocycles. The fraction of sp³-hybridized carbons (Fsp3) is 0.214. The lowest BCUT2D eigenvalue weighted by Gasteiger charge is -2.14. The first kappa shape index (κ1) is 13.2. The molecule has 0 saturated heterocycles. The van der Waals surface area contributed by atoms with Gasteiger partial charge < -0.3 is 5.32 Å². The van der Waals surface area contributed by atoms with Crippen LogP contribution in [-0.4, -0.2) is 4.98 Å². The van der Waals surface area contributed by atoms with Crippen LogP contribution in [0.3, 0.4) is 0 Å². The van der Waals surface area contributed by atoms with Crippen molar-refractivity contribution in [2.45, 2.75) is 19.5 Å². The molecule has 0 saturated carbocycles. The van der Waals surface area contributed by atoms with Crippen molar-refractivity contribution in [3.8, 4) is 0 Å². The van der Waals surface area contributed by atoms with E-state index >= 15 is 0 Å². The number of aromatic nitrogens is 1. The van der Waals surface area contributed by atoms with Crippen LogP contribution < -0.4 is 5.32 Å². The third-order valence-electron chi connectivity index (χ3n) is 2.84. The number of pyridine rings is 1. The lowest BCUT2D eigenvalue weighted by molar-refractivity contribution is 0.566. The minimum atomic E-state index is -0.231. The van der Waals surface area contributed by atoms with Gasteiger partial charge in [0.05, 0.1) is 4.47 Å². The summed E-state index contributed by atoms with van der Waals surface area (Å²) in [6, 6.07) is 9.20. The number of nitrogens with one attached hydrogen (secondary N) is 1. The molecular formula is C14H14BrFN2. The predicted octanol–water partition coefficient (Wildman–Crippen LogP) is 3.83. The summed E-state index contributed by atoms with van der Waals surface area (Å²) in [5, 5.41) is 3.36. The number of rotatable bonds is 4. The molecule has 0 amide bonds. The smallest absolute Gasteiger partial charge is 0.137 e. The van der Waals surface area contributed by atoms with Crippen LogP contribution in [0.4, 0.5) is 4.39 Å². The number of hydrogen-bond donors (Lipinski definition) is 1. The molecule has 1 atom stereocenters. The van der Waals surface area contributed by atoms with Crippen molar-refractivity contribution in [1.82, 2.24) is 10.3 Å². The molecular weight excluding hydrogens is 295 g/mol. The van der Waals surface area contributed by atoms with E-state index in [9.17, 15) is 4.39 Å². The van der Waals surface area contributed by atoms with E-state index in [0.29, 0.717) is 11.0 Å². The molecule has 1 unspecified atom stereocenters. The van der Waals surface area contributed by atoms with E-state index in [1.165, 1.54) is 6.07 Å². The van der Waals surface area contributed by atoms with E-state index < -0.39 is 0 Å². The Morgan fingerprint density at radius 2 is 2.00 bits per heavy atom. The Labute approximate surface area is 114 Å². The quantitative estimate of drug-likeness (QED) is 0.928. The number of benzene rings is 1. The molecule has 0 spiro atoms. The van der Waals surface area contributed by atoms with Crippen molar-refractivity contribution >= 4 is 15.9 Å². The van der Waals surface area contributed by atoms with Crippen LogP contribution >= 0.6 is 15.9 Å². The van der Waals surface area contributed by atoms with Crippen LogP contribution in [0, 0.1) is 5.82 Å². The maximum absolute atomic E-state index is 13.3. The summed E-state index contributed by atoms with van der Waals surface area (Å²) in [6.07, 6.45) is 3.54. The average molecular weight is 309 g/mol. The first-order valence-corrected chi connectivity index (χ1v) is 6.54. The Morgan fingerprint density at radius 1 is 1.28 bits per heavy atom. The van der Waals surface area contributed by atoms with Gasteiger partial charge in [0.25, 0.3) is 0 Å². The molecule has 4 heteroatoms. The summed E-state index contributed by atoms with van der Waals surface area (Å²) >= 11 is 3.26. The predicted molar refractivity (Wildman–Crippen MR) is 73.6 cm³/mol. The van der Waals surface area contributed by atoms with Crippen LogP contribution in [-0.2, 0) is 6.54 Å². The Kier molecular flexibility index (Phi) is 4.44. The van der Waals surface area contributed by atoms with Crippen molar-refractivity contribution in [3.63, 3.8) is 0 Å². The van der Waals surface area contributed by atoms with Crippen LogP contribution in [0.2, 0.25) is 0 Å². The molecule has 0 radical (unpaired) electrons. The van der Waals surface area contributed by atoms with Crippen LogP contribution in [0.15, 0.2) is 47.2 Å². The van der Waals surface area contributed by atoms with E-state index in [4.69, 9.17) is 0 Å². The number of hydrogen-bond acceptors (Lipinski definition) is 2. The van der Waals surface area contributed by atoms with Gasteiger partial charge in [-0.3, -0.25) is 4.98 Å². The maximum atomic E-state index is 13.3. The lowest BCUT2D eigenvalue weighted by Crippen LogP contribution is -2.18. The molecule has 0 aliphatic carbocycles. The Bertz CT molecular complexity index is 516. The Balaban J connectivity index is 2.02. The second kappa shape index (κ2) is 6.07.